The maximum Gasteiger partial charge on any atom is 0.111 e. The van der Waals surface area contributed by atoms with Crippen LogP contribution < -0.4 is 5.73 Å². The van der Waals surface area contributed by atoms with Crippen LogP contribution in [0.1, 0.15) is 43.8 Å². The molecule has 0 bridgehead atoms. The monoisotopic (exact) mass is 307 g/mol. The SMILES string of the molecule is NC1CCCCCC1c1nc2ccc(Br)cc2[nH]1. The molecule has 1 aromatic carbocycles. The van der Waals surface area contributed by atoms with Crippen molar-refractivity contribution in [3.05, 3.63) is 28.5 Å². The third-order valence-corrected chi connectivity index (χ3v) is 4.38. The smallest absolute Gasteiger partial charge is 0.111 e. The van der Waals surface area contributed by atoms with Gasteiger partial charge in [0.05, 0.1) is 11.0 Å². The molecule has 1 aliphatic rings. The molecular formula is C14H18BrN3. The lowest BCUT2D eigenvalue weighted by molar-refractivity contribution is 0.488. The van der Waals surface area contributed by atoms with Gasteiger partial charge in [-0.3, -0.25) is 0 Å². The molecular weight excluding hydrogens is 290 g/mol. The van der Waals surface area contributed by atoms with Crippen molar-refractivity contribution in [3.8, 4) is 0 Å². The molecule has 0 amide bonds. The van der Waals surface area contributed by atoms with Gasteiger partial charge in [-0.25, -0.2) is 4.98 Å². The van der Waals surface area contributed by atoms with Crippen molar-refractivity contribution in [2.24, 2.45) is 5.73 Å². The zero-order chi connectivity index (χ0) is 12.5. The van der Waals surface area contributed by atoms with E-state index in [1.807, 2.05) is 12.1 Å². The van der Waals surface area contributed by atoms with E-state index < -0.39 is 0 Å². The summed E-state index contributed by atoms with van der Waals surface area (Å²) in [6.07, 6.45) is 6.09. The van der Waals surface area contributed by atoms with Gasteiger partial charge in [0.15, 0.2) is 0 Å². The molecule has 3 N–H and O–H groups in total. The van der Waals surface area contributed by atoms with Crippen LogP contribution in [-0.2, 0) is 0 Å². The topological polar surface area (TPSA) is 54.7 Å². The highest BCUT2D eigenvalue weighted by Crippen LogP contribution is 2.30. The van der Waals surface area contributed by atoms with Crippen LogP contribution in [0.5, 0.6) is 0 Å². The Morgan fingerprint density at radius 2 is 2.06 bits per heavy atom. The van der Waals surface area contributed by atoms with Crippen LogP contribution in [0.4, 0.5) is 0 Å². The van der Waals surface area contributed by atoms with Gasteiger partial charge >= 0.3 is 0 Å². The van der Waals surface area contributed by atoms with Crippen LogP contribution in [0.2, 0.25) is 0 Å². The predicted octanol–water partition coefficient (Wildman–Crippen LogP) is 3.70. The number of aromatic nitrogens is 2. The Morgan fingerprint density at radius 3 is 2.94 bits per heavy atom. The minimum absolute atomic E-state index is 0.247. The first-order valence-corrected chi connectivity index (χ1v) is 7.44. The number of rotatable bonds is 1. The molecule has 18 heavy (non-hydrogen) atoms. The number of hydrogen-bond acceptors (Lipinski definition) is 2. The Labute approximate surface area is 115 Å². The summed E-state index contributed by atoms with van der Waals surface area (Å²) in [5.74, 6) is 1.45. The molecule has 1 fully saturated rings. The van der Waals surface area contributed by atoms with Gasteiger partial charge in [0.25, 0.3) is 0 Å². The summed E-state index contributed by atoms with van der Waals surface area (Å²) >= 11 is 3.49. The first-order valence-electron chi connectivity index (χ1n) is 6.65. The number of benzene rings is 1. The highest BCUT2D eigenvalue weighted by molar-refractivity contribution is 9.10. The molecule has 1 aliphatic carbocycles. The highest BCUT2D eigenvalue weighted by atomic mass is 79.9. The summed E-state index contributed by atoms with van der Waals surface area (Å²) in [6.45, 7) is 0. The number of fused-ring (bicyclic) bond motifs is 1. The van der Waals surface area contributed by atoms with E-state index in [4.69, 9.17) is 10.7 Å². The van der Waals surface area contributed by atoms with Crippen LogP contribution in [0, 0.1) is 0 Å². The van der Waals surface area contributed by atoms with E-state index in [9.17, 15) is 0 Å². The van der Waals surface area contributed by atoms with E-state index in [-0.39, 0.29) is 6.04 Å². The number of imidazole rings is 1. The molecule has 2 unspecified atom stereocenters. The summed E-state index contributed by atoms with van der Waals surface area (Å²) in [5.41, 5.74) is 8.42. The molecule has 0 aliphatic heterocycles. The standard InChI is InChI=1S/C14H18BrN3/c15-9-6-7-12-13(8-9)18-14(17-12)10-4-2-1-3-5-11(10)16/h6-8,10-11H,1-5,16H2,(H,17,18). The van der Waals surface area contributed by atoms with Crippen molar-refractivity contribution < 1.29 is 0 Å². The second-order valence-corrected chi connectivity index (χ2v) is 6.11. The Balaban J connectivity index is 1.97. The number of nitrogens with zero attached hydrogens (tertiary/aromatic N) is 1. The molecule has 1 saturated carbocycles. The first kappa shape index (κ1) is 12.2. The first-order chi connectivity index (χ1) is 8.74. The molecule has 4 heteroatoms. The van der Waals surface area contributed by atoms with E-state index in [0.29, 0.717) is 5.92 Å². The number of nitrogens with one attached hydrogen (secondary N) is 1. The normalized spacial score (nSPS) is 25.2. The molecule has 1 aromatic heterocycles. The van der Waals surface area contributed by atoms with Crippen LogP contribution in [-0.4, -0.2) is 16.0 Å². The Kier molecular flexibility index (Phi) is 3.39. The lowest BCUT2D eigenvalue weighted by Crippen LogP contribution is -2.27. The van der Waals surface area contributed by atoms with Gasteiger partial charge in [-0.1, -0.05) is 35.2 Å². The number of nitrogens with two attached hydrogens (primary N) is 1. The maximum atomic E-state index is 6.29. The van der Waals surface area contributed by atoms with E-state index in [2.05, 4.69) is 27.0 Å². The Bertz CT molecular complexity index is 549. The van der Waals surface area contributed by atoms with E-state index in [0.717, 1.165) is 34.2 Å². The van der Waals surface area contributed by atoms with Crippen molar-refractivity contribution in [1.82, 2.24) is 9.97 Å². The molecule has 0 radical (unpaired) electrons. The van der Waals surface area contributed by atoms with E-state index in [1.165, 1.54) is 19.3 Å². The zero-order valence-corrected chi connectivity index (χ0v) is 11.9. The fourth-order valence-corrected chi connectivity index (χ4v) is 3.21. The van der Waals surface area contributed by atoms with Gasteiger partial charge in [0.1, 0.15) is 5.82 Å². The summed E-state index contributed by atoms with van der Waals surface area (Å²) in [7, 11) is 0. The van der Waals surface area contributed by atoms with E-state index >= 15 is 0 Å². The van der Waals surface area contributed by atoms with Gasteiger partial charge in [-0.2, -0.15) is 0 Å². The van der Waals surface area contributed by atoms with Gasteiger partial charge in [-0.05, 0) is 31.0 Å². The Hall–Kier alpha value is -0.870. The lowest BCUT2D eigenvalue weighted by Gasteiger charge is -2.18. The fraction of sp³-hybridized carbons (Fsp3) is 0.500. The molecule has 3 nitrogen and oxygen atoms in total. The predicted molar refractivity (Wildman–Crippen MR) is 77.6 cm³/mol. The van der Waals surface area contributed by atoms with Crippen molar-refractivity contribution in [2.75, 3.05) is 0 Å². The molecule has 1 heterocycles. The number of aromatic amines is 1. The van der Waals surface area contributed by atoms with Gasteiger partial charge in [0.2, 0.25) is 0 Å². The summed E-state index contributed by atoms with van der Waals surface area (Å²) in [5, 5.41) is 0. The molecule has 0 spiro atoms. The largest absolute Gasteiger partial charge is 0.342 e. The minimum Gasteiger partial charge on any atom is -0.342 e. The molecule has 0 saturated heterocycles. The molecule has 3 rings (SSSR count). The van der Waals surface area contributed by atoms with Crippen molar-refractivity contribution in [3.63, 3.8) is 0 Å². The van der Waals surface area contributed by atoms with Gasteiger partial charge < -0.3 is 10.7 Å². The number of H-pyrrole nitrogens is 1. The van der Waals surface area contributed by atoms with E-state index in [1.54, 1.807) is 0 Å². The maximum absolute atomic E-state index is 6.29. The highest BCUT2D eigenvalue weighted by Gasteiger charge is 2.24. The zero-order valence-electron chi connectivity index (χ0n) is 10.3. The number of hydrogen-bond donors (Lipinski definition) is 2. The van der Waals surface area contributed by atoms with Crippen LogP contribution in [0.3, 0.4) is 0 Å². The Morgan fingerprint density at radius 1 is 1.22 bits per heavy atom. The minimum atomic E-state index is 0.247. The van der Waals surface area contributed by atoms with Crippen molar-refractivity contribution in [2.45, 2.75) is 44.1 Å². The number of halogens is 1. The van der Waals surface area contributed by atoms with Crippen molar-refractivity contribution in [1.29, 1.82) is 0 Å². The molecule has 2 atom stereocenters. The fourth-order valence-electron chi connectivity index (χ4n) is 2.85. The van der Waals surface area contributed by atoms with Crippen LogP contribution in [0.25, 0.3) is 11.0 Å². The summed E-state index contributed by atoms with van der Waals surface area (Å²) < 4.78 is 1.08. The average molecular weight is 308 g/mol. The second-order valence-electron chi connectivity index (χ2n) is 5.19. The molecule has 2 aromatic rings. The third-order valence-electron chi connectivity index (χ3n) is 3.88. The third kappa shape index (κ3) is 2.31. The van der Waals surface area contributed by atoms with Crippen LogP contribution in [0.15, 0.2) is 22.7 Å². The summed E-state index contributed by atoms with van der Waals surface area (Å²) in [4.78, 5) is 8.16. The second kappa shape index (κ2) is 5.02. The quantitative estimate of drug-likeness (QED) is 0.789. The lowest BCUT2D eigenvalue weighted by atomic mass is 9.95. The van der Waals surface area contributed by atoms with Gasteiger partial charge in [0, 0.05) is 16.4 Å². The van der Waals surface area contributed by atoms with Crippen LogP contribution >= 0.6 is 15.9 Å². The average Bonchev–Trinajstić information content (AvgIpc) is 2.63. The van der Waals surface area contributed by atoms with Crippen molar-refractivity contribution >= 4 is 27.0 Å². The summed E-state index contributed by atoms with van der Waals surface area (Å²) in [6, 6.07) is 6.40. The van der Waals surface area contributed by atoms with Gasteiger partial charge in [-0.15, -0.1) is 0 Å². The molecule has 96 valence electrons.